The van der Waals surface area contributed by atoms with Crippen LogP contribution < -0.4 is 5.46 Å². The molecule has 0 amide bonds. The number of fused-ring (bicyclic) bond motifs is 1. The summed E-state index contributed by atoms with van der Waals surface area (Å²) >= 11 is 0. The molecule has 66 valence electrons. The molecule has 14 heavy (non-hydrogen) atoms. The summed E-state index contributed by atoms with van der Waals surface area (Å²) in [6.45, 7) is 0. The second-order valence-corrected chi connectivity index (χ2v) is 2.98. The predicted octanol–water partition coefficient (Wildman–Crippen LogP) is 1.54. The first-order valence-electron chi connectivity index (χ1n) is 4.12. The summed E-state index contributed by atoms with van der Waals surface area (Å²) in [6.07, 6.45) is 0. The molecule has 0 saturated carbocycles. The Hall–Kier alpha value is -1.84. The Bertz CT molecular complexity index is 510. The molecule has 0 atom stereocenters. The SMILES string of the molecule is [B]c1ccc2ccccc2c1[N+](=O)[O-]. The van der Waals surface area contributed by atoms with Crippen LogP contribution in [0.3, 0.4) is 0 Å². The first-order chi connectivity index (χ1) is 6.70. The Morgan fingerprint density at radius 2 is 1.86 bits per heavy atom. The van der Waals surface area contributed by atoms with Gasteiger partial charge in [-0.25, -0.2) is 0 Å². The molecule has 0 saturated heterocycles. The van der Waals surface area contributed by atoms with Crippen molar-refractivity contribution < 1.29 is 4.92 Å². The van der Waals surface area contributed by atoms with Gasteiger partial charge < -0.3 is 0 Å². The molecule has 0 N–H and O–H groups in total. The molecule has 0 fully saturated rings. The fourth-order valence-corrected chi connectivity index (χ4v) is 1.48. The highest BCUT2D eigenvalue weighted by molar-refractivity contribution is 6.36. The number of nitrogens with zero attached hydrogens (tertiary/aromatic N) is 1. The molecule has 0 unspecified atom stereocenters. The zero-order chi connectivity index (χ0) is 10.1. The molecule has 0 aliphatic heterocycles. The van der Waals surface area contributed by atoms with Crippen LogP contribution in [0.15, 0.2) is 36.4 Å². The van der Waals surface area contributed by atoms with E-state index in [4.69, 9.17) is 7.85 Å². The van der Waals surface area contributed by atoms with E-state index in [1.54, 1.807) is 24.3 Å². The lowest BCUT2D eigenvalue weighted by Gasteiger charge is -2.01. The molecular weight excluding hydrogens is 177 g/mol. The maximum atomic E-state index is 10.8. The van der Waals surface area contributed by atoms with Crippen molar-refractivity contribution in [2.75, 3.05) is 0 Å². The third-order valence-electron chi connectivity index (χ3n) is 2.11. The van der Waals surface area contributed by atoms with E-state index in [0.717, 1.165) is 5.39 Å². The van der Waals surface area contributed by atoms with Crippen LogP contribution >= 0.6 is 0 Å². The van der Waals surface area contributed by atoms with Crippen molar-refractivity contribution in [2.24, 2.45) is 0 Å². The Morgan fingerprint density at radius 1 is 1.14 bits per heavy atom. The van der Waals surface area contributed by atoms with E-state index in [-0.39, 0.29) is 11.2 Å². The van der Waals surface area contributed by atoms with Gasteiger partial charge in [-0.05, 0) is 16.9 Å². The van der Waals surface area contributed by atoms with Crippen molar-refractivity contribution in [1.29, 1.82) is 0 Å². The summed E-state index contributed by atoms with van der Waals surface area (Å²) < 4.78 is 0. The summed E-state index contributed by atoms with van der Waals surface area (Å²) in [7, 11) is 5.55. The smallest absolute Gasteiger partial charge is 0.258 e. The van der Waals surface area contributed by atoms with Crippen LogP contribution in [0.5, 0.6) is 0 Å². The number of hydrogen-bond acceptors (Lipinski definition) is 2. The quantitative estimate of drug-likeness (QED) is 0.382. The Balaban J connectivity index is 2.90. The van der Waals surface area contributed by atoms with E-state index >= 15 is 0 Å². The second-order valence-electron chi connectivity index (χ2n) is 2.98. The highest BCUT2D eigenvalue weighted by Crippen LogP contribution is 2.22. The van der Waals surface area contributed by atoms with Crippen LogP contribution in [0.25, 0.3) is 10.8 Å². The van der Waals surface area contributed by atoms with Crippen LogP contribution in [0.2, 0.25) is 0 Å². The molecule has 0 spiro atoms. The van der Waals surface area contributed by atoms with E-state index in [2.05, 4.69) is 0 Å². The van der Waals surface area contributed by atoms with Crippen LogP contribution in [-0.2, 0) is 0 Å². The molecule has 3 nitrogen and oxygen atoms in total. The second kappa shape index (κ2) is 3.14. The molecule has 0 bridgehead atoms. The minimum absolute atomic E-state index is 0.0110. The fourth-order valence-electron chi connectivity index (χ4n) is 1.48. The predicted molar refractivity (Wildman–Crippen MR) is 56.0 cm³/mol. The van der Waals surface area contributed by atoms with Crippen molar-refractivity contribution in [2.45, 2.75) is 0 Å². The highest BCUT2D eigenvalue weighted by Gasteiger charge is 2.13. The number of nitro groups is 1. The van der Waals surface area contributed by atoms with Crippen molar-refractivity contribution >= 4 is 29.8 Å². The molecule has 2 radical (unpaired) electrons. The fraction of sp³-hybridized carbons (Fsp3) is 0. The molecule has 0 heterocycles. The lowest BCUT2D eigenvalue weighted by Crippen LogP contribution is -2.09. The Labute approximate surface area is 81.9 Å². The summed E-state index contributed by atoms with van der Waals surface area (Å²) in [5.74, 6) is 0. The molecular formula is C10H6BNO2. The van der Waals surface area contributed by atoms with Crippen LogP contribution in [-0.4, -0.2) is 12.8 Å². The average molecular weight is 183 g/mol. The third kappa shape index (κ3) is 1.25. The molecule has 2 aromatic carbocycles. The van der Waals surface area contributed by atoms with Crippen LogP contribution in [0.1, 0.15) is 0 Å². The van der Waals surface area contributed by atoms with Crippen molar-refractivity contribution in [3.63, 3.8) is 0 Å². The number of nitro benzene ring substituents is 1. The molecule has 4 heteroatoms. The van der Waals surface area contributed by atoms with Gasteiger partial charge in [-0.15, -0.1) is 0 Å². The van der Waals surface area contributed by atoms with Gasteiger partial charge in [0.05, 0.1) is 10.3 Å². The minimum Gasteiger partial charge on any atom is -0.258 e. The normalized spacial score (nSPS) is 10.3. The Kier molecular flexibility index (Phi) is 1.96. The maximum absolute atomic E-state index is 10.8. The summed E-state index contributed by atoms with van der Waals surface area (Å²) in [4.78, 5) is 10.3. The van der Waals surface area contributed by atoms with Gasteiger partial charge in [-0.3, -0.25) is 10.1 Å². The van der Waals surface area contributed by atoms with E-state index < -0.39 is 4.92 Å². The molecule has 0 aromatic heterocycles. The lowest BCUT2D eigenvalue weighted by atomic mass is 9.91. The van der Waals surface area contributed by atoms with E-state index in [1.807, 2.05) is 12.1 Å². The number of benzene rings is 2. The Morgan fingerprint density at radius 3 is 2.57 bits per heavy atom. The largest absolute Gasteiger partial charge is 0.270 e. The van der Waals surface area contributed by atoms with E-state index in [0.29, 0.717) is 5.39 Å². The topological polar surface area (TPSA) is 43.1 Å². The van der Waals surface area contributed by atoms with Crippen molar-refractivity contribution in [3.8, 4) is 0 Å². The zero-order valence-corrected chi connectivity index (χ0v) is 7.31. The average Bonchev–Trinajstić information content (AvgIpc) is 2.17. The first kappa shape index (κ1) is 8.75. The van der Waals surface area contributed by atoms with Crippen LogP contribution in [0, 0.1) is 10.1 Å². The monoisotopic (exact) mass is 183 g/mol. The summed E-state index contributed by atoms with van der Waals surface area (Å²) in [6, 6.07) is 10.4. The maximum Gasteiger partial charge on any atom is 0.270 e. The molecule has 2 aromatic rings. The van der Waals surface area contributed by atoms with E-state index in [9.17, 15) is 10.1 Å². The standard InChI is InChI=1S/C10H6BNO2/c11-9-6-5-7-3-1-2-4-8(7)10(9)12(13)14/h1-6H. The van der Waals surface area contributed by atoms with Gasteiger partial charge in [0.1, 0.15) is 7.85 Å². The van der Waals surface area contributed by atoms with Gasteiger partial charge in [0, 0.05) is 0 Å². The van der Waals surface area contributed by atoms with Gasteiger partial charge in [-0.2, -0.15) is 0 Å². The van der Waals surface area contributed by atoms with Crippen molar-refractivity contribution in [1.82, 2.24) is 0 Å². The van der Waals surface area contributed by atoms with Crippen LogP contribution in [0.4, 0.5) is 5.69 Å². The number of hydrogen-bond donors (Lipinski definition) is 0. The van der Waals surface area contributed by atoms with Gasteiger partial charge in [0.25, 0.3) is 5.69 Å². The minimum atomic E-state index is -0.447. The van der Waals surface area contributed by atoms with Gasteiger partial charge in [0.2, 0.25) is 0 Å². The first-order valence-corrected chi connectivity index (χ1v) is 4.12. The molecule has 0 aliphatic carbocycles. The zero-order valence-electron chi connectivity index (χ0n) is 7.31. The van der Waals surface area contributed by atoms with E-state index in [1.165, 1.54) is 0 Å². The lowest BCUT2D eigenvalue weighted by molar-refractivity contribution is -0.381. The third-order valence-corrected chi connectivity index (χ3v) is 2.11. The summed E-state index contributed by atoms with van der Waals surface area (Å²) in [5.41, 5.74) is 0.191. The van der Waals surface area contributed by atoms with Crippen molar-refractivity contribution in [3.05, 3.63) is 46.5 Å². The van der Waals surface area contributed by atoms with Gasteiger partial charge >= 0.3 is 0 Å². The molecule has 0 aliphatic rings. The van der Waals surface area contributed by atoms with Gasteiger partial charge in [0.15, 0.2) is 0 Å². The molecule has 2 rings (SSSR count). The van der Waals surface area contributed by atoms with Gasteiger partial charge in [-0.1, -0.05) is 30.3 Å². The number of rotatable bonds is 1. The summed E-state index contributed by atoms with van der Waals surface area (Å²) in [5, 5.41) is 12.2. The highest BCUT2D eigenvalue weighted by atomic mass is 16.6.